The van der Waals surface area contributed by atoms with E-state index in [4.69, 9.17) is 9.47 Å². The van der Waals surface area contributed by atoms with Gasteiger partial charge in [0.2, 0.25) is 0 Å². The molecule has 3 nitrogen and oxygen atoms in total. The molecule has 2 aromatic carbocycles. The monoisotopic (exact) mass is 307 g/mol. The Morgan fingerprint density at radius 1 is 0.952 bits per heavy atom. The quantitative estimate of drug-likeness (QED) is 0.843. The molecule has 2 rings (SSSR count). The molecule has 0 heterocycles. The van der Waals surface area contributed by atoms with Gasteiger partial charge < -0.3 is 14.8 Å². The number of para-hydroxylation sites is 2. The van der Waals surface area contributed by atoms with Gasteiger partial charge in [0.25, 0.3) is 0 Å². The predicted molar refractivity (Wildman–Crippen MR) is 88.6 cm³/mol. The molecule has 1 unspecified atom stereocenters. The largest absolute Gasteiger partial charge is 0.493 e. The molecule has 0 aliphatic carbocycles. The van der Waals surface area contributed by atoms with Crippen LogP contribution >= 0.6 is 12.4 Å². The fraction of sp³-hybridized carbons (Fsp3) is 0.294. The van der Waals surface area contributed by atoms with Gasteiger partial charge in [-0.25, -0.2) is 0 Å². The van der Waals surface area contributed by atoms with Crippen LogP contribution in [-0.4, -0.2) is 20.7 Å². The van der Waals surface area contributed by atoms with Crippen LogP contribution in [0.3, 0.4) is 0 Å². The molecule has 0 saturated heterocycles. The lowest BCUT2D eigenvalue weighted by atomic mass is 10.1. The van der Waals surface area contributed by atoms with Gasteiger partial charge in [-0.1, -0.05) is 42.5 Å². The molecule has 0 aliphatic heterocycles. The lowest BCUT2D eigenvalue weighted by molar-refractivity contribution is 0.187. The van der Waals surface area contributed by atoms with Crippen LogP contribution in [0.4, 0.5) is 0 Å². The van der Waals surface area contributed by atoms with E-state index in [2.05, 4.69) is 17.4 Å². The van der Waals surface area contributed by atoms with Crippen LogP contribution in [0.15, 0.2) is 54.6 Å². The van der Waals surface area contributed by atoms with Crippen molar-refractivity contribution in [3.8, 4) is 11.5 Å². The van der Waals surface area contributed by atoms with Crippen LogP contribution in [0.1, 0.15) is 18.1 Å². The third-order valence-corrected chi connectivity index (χ3v) is 3.17. The SMILES string of the molecule is CNCCC(Oc1ccccc1OC)c1ccccc1.Cl. The normalized spacial score (nSPS) is 11.3. The summed E-state index contributed by atoms with van der Waals surface area (Å²) >= 11 is 0. The van der Waals surface area contributed by atoms with Crippen LogP contribution in [0.2, 0.25) is 0 Å². The van der Waals surface area contributed by atoms with Crippen LogP contribution in [0.5, 0.6) is 11.5 Å². The summed E-state index contributed by atoms with van der Waals surface area (Å²) in [5.74, 6) is 1.54. The Hall–Kier alpha value is -1.71. The maximum absolute atomic E-state index is 6.16. The summed E-state index contributed by atoms with van der Waals surface area (Å²) in [6, 6.07) is 18.0. The van der Waals surface area contributed by atoms with Crippen molar-refractivity contribution in [2.75, 3.05) is 20.7 Å². The van der Waals surface area contributed by atoms with E-state index in [9.17, 15) is 0 Å². The maximum Gasteiger partial charge on any atom is 0.162 e. The standard InChI is InChI=1S/C17H21NO2.ClH/c1-18-13-12-15(14-8-4-3-5-9-14)20-17-11-7-6-10-16(17)19-2;/h3-11,15,18H,12-13H2,1-2H3;1H. The van der Waals surface area contributed by atoms with Crippen LogP contribution in [-0.2, 0) is 0 Å². The molecular formula is C17H22ClNO2. The number of ether oxygens (including phenoxy) is 2. The van der Waals surface area contributed by atoms with Gasteiger partial charge in [-0.05, 0) is 31.3 Å². The van der Waals surface area contributed by atoms with Crippen molar-refractivity contribution in [3.63, 3.8) is 0 Å². The van der Waals surface area contributed by atoms with E-state index in [0.717, 1.165) is 24.5 Å². The zero-order chi connectivity index (χ0) is 14.2. The van der Waals surface area contributed by atoms with Crippen LogP contribution in [0.25, 0.3) is 0 Å². The Bertz CT molecular complexity index is 519. The third-order valence-electron chi connectivity index (χ3n) is 3.17. The Morgan fingerprint density at radius 2 is 1.57 bits per heavy atom. The zero-order valence-corrected chi connectivity index (χ0v) is 13.2. The molecule has 1 atom stereocenters. The Labute approximate surface area is 132 Å². The average Bonchev–Trinajstić information content (AvgIpc) is 2.52. The van der Waals surface area contributed by atoms with Gasteiger partial charge in [0, 0.05) is 6.42 Å². The Kier molecular flexibility index (Phi) is 7.65. The van der Waals surface area contributed by atoms with Crippen molar-refractivity contribution < 1.29 is 9.47 Å². The van der Waals surface area contributed by atoms with Crippen molar-refractivity contribution in [2.45, 2.75) is 12.5 Å². The Morgan fingerprint density at radius 3 is 2.19 bits per heavy atom. The average molecular weight is 308 g/mol. The van der Waals surface area contributed by atoms with Crippen molar-refractivity contribution in [1.29, 1.82) is 0 Å². The van der Waals surface area contributed by atoms with E-state index in [1.807, 2.05) is 49.5 Å². The van der Waals surface area contributed by atoms with E-state index < -0.39 is 0 Å². The number of hydrogen-bond donors (Lipinski definition) is 1. The minimum atomic E-state index is 0. The second kappa shape index (κ2) is 9.27. The van der Waals surface area contributed by atoms with Gasteiger partial charge in [0.1, 0.15) is 6.10 Å². The highest BCUT2D eigenvalue weighted by Gasteiger charge is 2.14. The molecule has 0 aromatic heterocycles. The number of nitrogens with one attached hydrogen (secondary N) is 1. The summed E-state index contributed by atoms with van der Waals surface area (Å²) < 4.78 is 11.5. The van der Waals surface area contributed by atoms with Gasteiger partial charge >= 0.3 is 0 Å². The lowest BCUT2D eigenvalue weighted by Crippen LogP contribution is -2.16. The zero-order valence-electron chi connectivity index (χ0n) is 12.4. The second-order valence-corrected chi connectivity index (χ2v) is 4.56. The molecule has 0 fully saturated rings. The number of halogens is 1. The predicted octanol–water partition coefficient (Wildman–Crippen LogP) is 3.85. The molecule has 21 heavy (non-hydrogen) atoms. The minimum absolute atomic E-state index is 0. The second-order valence-electron chi connectivity index (χ2n) is 4.56. The smallest absolute Gasteiger partial charge is 0.162 e. The molecule has 114 valence electrons. The number of benzene rings is 2. The number of hydrogen-bond acceptors (Lipinski definition) is 3. The van der Waals surface area contributed by atoms with Gasteiger partial charge in [-0.2, -0.15) is 0 Å². The van der Waals surface area contributed by atoms with Crippen molar-refractivity contribution in [1.82, 2.24) is 5.32 Å². The molecule has 4 heteroatoms. The third kappa shape index (κ3) is 4.96. The first kappa shape index (κ1) is 17.3. The first-order chi connectivity index (χ1) is 9.85. The molecule has 0 amide bonds. The molecule has 2 aromatic rings. The summed E-state index contributed by atoms with van der Waals surface area (Å²) in [5.41, 5.74) is 1.17. The Balaban J connectivity index is 0.00000220. The van der Waals surface area contributed by atoms with Gasteiger partial charge in [0.05, 0.1) is 7.11 Å². The molecule has 0 spiro atoms. The number of methoxy groups -OCH3 is 1. The van der Waals surface area contributed by atoms with Crippen LogP contribution in [0, 0.1) is 0 Å². The molecule has 1 N–H and O–H groups in total. The molecule has 0 aliphatic rings. The lowest BCUT2D eigenvalue weighted by Gasteiger charge is -2.21. The maximum atomic E-state index is 6.16. The fourth-order valence-electron chi connectivity index (χ4n) is 2.11. The van der Waals surface area contributed by atoms with Gasteiger partial charge in [-0.15, -0.1) is 12.4 Å². The van der Waals surface area contributed by atoms with Gasteiger partial charge in [0.15, 0.2) is 11.5 Å². The molecule has 0 bridgehead atoms. The highest BCUT2D eigenvalue weighted by molar-refractivity contribution is 5.85. The van der Waals surface area contributed by atoms with E-state index >= 15 is 0 Å². The number of rotatable bonds is 7. The first-order valence-corrected chi connectivity index (χ1v) is 6.84. The fourth-order valence-corrected chi connectivity index (χ4v) is 2.11. The van der Waals surface area contributed by atoms with E-state index in [-0.39, 0.29) is 18.5 Å². The summed E-state index contributed by atoms with van der Waals surface area (Å²) in [5, 5.41) is 3.17. The summed E-state index contributed by atoms with van der Waals surface area (Å²) in [6.07, 6.45) is 0.915. The highest BCUT2D eigenvalue weighted by atomic mass is 35.5. The van der Waals surface area contributed by atoms with Crippen LogP contribution < -0.4 is 14.8 Å². The van der Waals surface area contributed by atoms with Gasteiger partial charge in [-0.3, -0.25) is 0 Å². The first-order valence-electron chi connectivity index (χ1n) is 6.84. The summed E-state index contributed by atoms with van der Waals surface area (Å²) in [6.45, 7) is 0.898. The highest BCUT2D eigenvalue weighted by Crippen LogP contribution is 2.31. The van der Waals surface area contributed by atoms with E-state index in [0.29, 0.717) is 0 Å². The molecule has 0 radical (unpaired) electrons. The van der Waals surface area contributed by atoms with E-state index in [1.54, 1.807) is 7.11 Å². The van der Waals surface area contributed by atoms with E-state index in [1.165, 1.54) is 5.56 Å². The molecular weight excluding hydrogens is 286 g/mol. The minimum Gasteiger partial charge on any atom is -0.493 e. The van der Waals surface area contributed by atoms with Crippen molar-refractivity contribution in [3.05, 3.63) is 60.2 Å². The summed E-state index contributed by atoms with van der Waals surface area (Å²) in [4.78, 5) is 0. The van der Waals surface area contributed by atoms with Crippen molar-refractivity contribution >= 4 is 12.4 Å². The van der Waals surface area contributed by atoms with Crippen molar-refractivity contribution in [2.24, 2.45) is 0 Å². The summed E-state index contributed by atoms with van der Waals surface area (Å²) in [7, 11) is 3.61. The molecule has 0 saturated carbocycles. The topological polar surface area (TPSA) is 30.5 Å².